The lowest BCUT2D eigenvalue weighted by molar-refractivity contribution is 0.0602. The molecule has 0 radical (unpaired) electrons. The molecule has 0 spiro atoms. The third kappa shape index (κ3) is 3.45. The number of esters is 1. The van der Waals surface area contributed by atoms with Gasteiger partial charge in [-0.3, -0.25) is 0 Å². The molecule has 1 aliphatic rings. The van der Waals surface area contributed by atoms with Gasteiger partial charge in [-0.15, -0.1) is 11.3 Å². The fourth-order valence-electron chi connectivity index (χ4n) is 2.46. The molecular formula is C13H20N2O4S2. The summed E-state index contributed by atoms with van der Waals surface area (Å²) in [7, 11) is -0.846. The second-order valence-electron chi connectivity index (χ2n) is 4.96. The molecule has 1 N–H and O–H groups in total. The molecule has 0 aliphatic carbocycles. The van der Waals surface area contributed by atoms with Gasteiger partial charge in [0.05, 0.1) is 7.11 Å². The number of hydrogen-bond acceptors (Lipinski definition) is 6. The van der Waals surface area contributed by atoms with E-state index in [2.05, 4.69) is 10.1 Å². The highest BCUT2D eigenvalue weighted by Gasteiger charge is 2.32. The van der Waals surface area contributed by atoms with Crippen LogP contribution >= 0.6 is 11.3 Å². The maximum Gasteiger partial charge on any atom is 0.349 e. The van der Waals surface area contributed by atoms with E-state index in [9.17, 15) is 13.2 Å². The van der Waals surface area contributed by atoms with Gasteiger partial charge in [0.25, 0.3) is 0 Å². The second kappa shape index (κ2) is 6.87. The maximum atomic E-state index is 12.8. The Bertz CT molecular complexity index is 589. The minimum absolute atomic E-state index is 0.0408. The normalized spacial score (nSPS) is 20.2. The van der Waals surface area contributed by atoms with E-state index in [0.29, 0.717) is 0 Å². The largest absolute Gasteiger partial charge is 0.465 e. The Morgan fingerprint density at radius 3 is 2.90 bits per heavy atom. The summed E-state index contributed by atoms with van der Waals surface area (Å²) in [6, 6.07) is 1.42. The van der Waals surface area contributed by atoms with E-state index in [-0.39, 0.29) is 15.8 Å². The first-order valence-corrected chi connectivity index (χ1v) is 9.15. The molecule has 21 heavy (non-hydrogen) atoms. The number of carbonyl (C=O) groups is 1. The summed E-state index contributed by atoms with van der Waals surface area (Å²) in [6.07, 6.45) is 2.53. The van der Waals surface area contributed by atoms with Crippen LogP contribution in [0.25, 0.3) is 0 Å². The molecule has 0 saturated carbocycles. The van der Waals surface area contributed by atoms with Gasteiger partial charge in [0.1, 0.15) is 9.77 Å². The van der Waals surface area contributed by atoms with Crippen molar-refractivity contribution in [2.75, 3.05) is 27.2 Å². The van der Waals surface area contributed by atoms with Gasteiger partial charge in [-0.25, -0.2) is 13.2 Å². The van der Waals surface area contributed by atoms with E-state index in [1.165, 1.54) is 17.5 Å². The summed E-state index contributed by atoms with van der Waals surface area (Å²) in [5.41, 5.74) is 0. The number of methoxy groups -OCH3 is 1. The lowest BCUT2D eigenvalue weighted by atomic mass is 10.1. The number of carbonyl (C=O) groups excluding carboxylic acids is 1. The average Bonchev–Trinajstić information content (AvgIpc) is 2.82. The molecule has 1 atom stereocenters. The van der Waals surface area contributed by atoms with E-state index < -0.39 is 16.0 Å². The molecule has 0 aromatic carbocycles. The summed E-state index contributed by atoms with van der Waals surface area (Å²) in [5, 5.41) is 4.86. The van der Waals surface area contributed by atoms with Gasteiger partial charge in [-0.2, -0.15) is 4.31 Å². The number of sulfonamides is 1. The molecule has 1 unspecified atom stereocenters. The topological polar surface area (TPSA) is 75.7 Å². The molecule has 1 aromatic heterocycles. The molecule has 8 heteroatoms. The van der Waals surface area contributed by atoms with Gasteiger partial charge < -0.3 is 10.1 Å². The number of hydrogen-bond donors (Lipinski definition) is 1. The summed E-state index contributed by atoms with van der Waals surface area (Å²) in [4.78, 5) is 11.9. The molecule has 6 nitrogen and oxygen atoms in total. The molecule has 1 fully saturated rings. The van der Waals surface area contributed by atoms with Crippen molar-refractivity contribution in [3.63, 3.8) is 0 Å². The number of nitrogens with one attached hydrogen (secondary N) is 1. The van der Waals surface area contributed by atoms with Crippen molar-refractivity contribution >= 4 is 27.3 Å². The Kier molecular flexibility index (Phi) is 5.37. The van der Waals surface area contributed by atoms with Crippen LogP contribution in [0.1, 0.15) is 28.9 Å². The average molecular weight is 332 g/mol. The molecular weight excluding hydrogens is 312 g/mol. The fraction of sp³-hybridized carbons (Fsp3) is 0.615. The number of nitrogens with zero attached hydrogens (tertiary/aromatic N) is 1. The number of rotatable bonds is 4. The predicted molar refractivity (Wildman–Crippen MR) is 81.1 cm³/mol. The van der Waals surface area contributed by atoms with Crippen molar-refractivity contribution in [2.45, 2.75) is 30.2 Å². The zero-order chi connectivity index (χ0) is 15.5. The van der Waals surface area contributed by atoms with E-state index in [1.807, 2.05) is 0 Å². The second-order valence-corrected chi connectivity index (χ2v) is 7.84. The van der Waals surface area contributed by atoms with Gasteiger partial charge in [-0.05, 0) is 43.8 Å². The zero-order valence-electron chi connectivity index (χ0n) is 12.2. The number of ether oxygens (including phenoxy) is 1. The fourth-order valence-corrected chi connectivity index (χ4v) is 5.18. The van der Waals surface area contributed by atoms with Crippen LogP contribution in [0.2, 0.25) is 0 Å². The van der Waals surface area contributed by atoms with Crippen molar-refractivity contribution < 1.29 is 17.9 Å². The minimum atomic E-state index is -3.68. The summed E-state index contributed by atoms with van der Waals surface area (Å²) in [6.45, 7) is 1.72. The highest BCUT2D eigenvalue weighted by molar-refractivity contribution is 7.89. The highest BCUT2D eigenvalue weighted by Crippen LogP contribution is 2.28. The minimum Gasteiger partial charge on any atom is -0.465 e. The van der Waals surface area contributed by atoms with Gasteiger partial charge in [0, 0.05) is 13.1 Å². The highest BCUT2D eigenvalue weighted by atomic mass is 32.2. The van der Waals surface area contributed by atoms with Crippen molar-refractivity contribution in [3.05, 3.63) is 16.3 Å². The Labute approximate surface area is 129 Å². The first kappa shape index (κ1) is 16.4. The molecule has 1 aliphatic heterocycles. The molecule has 2 heterocycles. The molecule has 1 saturated heterocycles. The Morgan fingerprint density at radius 1 is 1.43 bits per heavy atom. The van der Waals surface area contributed by atoms with Crippen LogP contribution in [-0.2, 0) is 14.8 Å². The summed E-state index contributed by atoms with van der Waals surface area (Å²) < 4.78 is 31.6. The van der Waals surface area contributed by atoms with E-state index in [1.54, 1.807) is 12.4 Å². The van der Waals surface area contributed by atoms with Crippen molar-refractivity contribution in [2.24, 2.45) is 0 Å². The van der Waals surface area contributed by atoms with Crippen LogP contribution in [0.3, 0.4) is 0 Å². The standard InChI is InChI=1S/C13H20N2O4S2/c1-15(10-4-3-7-14-8-5-10)21(17,18)11-6-9-20-12(11)13(16)19-2/h6,9-10,14H,3-5,7-8H2,1-2H3. The third-order valence-corrected chi connectivity index (χ3v) is 6.69. The first-order valence-electron chi connectivity index (χ1n) is 6.83. The summed E-state index contributed by atoms with van der Waals surface area (Å²) in [5.74, 6) is -0.612. The Hall–Kier alpha value is -0.960. The SMILES string of the molecule is COC(=O)c1sccc1S(=O)(=O)N(C)C1CCCNCC1. The molecule has 2 rings (SSSR count). The smallest absolute Gasteiger partial charge is 0.349 e. The summed E-state index contributed by atoms with van der Waals surface area (Å²) >= 11 is 1.08. The molecule has 1 aromatic rings. The van der Waals surface area contributed by atoms with Crippen molar-refractivity contribution in [1.29, 1.82) is 0 Å². The Morgan fingerprint density at radius 2 is 2.19 bits per heavy atom. The molecule has 118 valence electrons. The van der Waals surface area contributed by atoms with E-state index in [4.69, 9.17) is 0 Å². The van der Waals surface area contributed by atoms with E-state index >= 15 is 0 Å². The maximum absolute atomic E-state index is 12.8. The van der Waals surface area contributed by atoms with Crippen LogP contribution in [0.15, 0.2) is 16.3 Å². The van der Waals surface area contributed by atoms with Gasteiger partial charge in [0.15, 0.2) is 0 Å². The molecule has 0 bridgehead atoms. The van der Waals surface area contributed by atoms with Crippen LogP contribution in [-0.4, -0.2) is 52.0 Å². The van der Waals surface area contributed by atoms with Crippen LogP contribution in [0.4, 0.5) is 0 Å². The van der Waals surface area contributed by atoms with Crippen LogP contribution in [0.5, 0.6) is 0 Å². The van der Waals surface area contributed by atoms with Crippen molar-refractivity contribution in [3.8, 4) is 0 Å². The molecule has 0 amide bonds. The Balaban J connectivity index is 2.28. The van der Waals surface area contributed by atoms with Gasteiger partial charge >= 0.3 is 5.97 Å². The first-order chi connectivity index (χ1) is 9.98. The number of thiophene rings is 1. The lowest BCUT2D eigenvalue weighted by Crippen LogP contribution is -2.37. The van der Waals surface area contributed by atoms with Crippen LogP contribution < -0.4 is 5.32 Å². The van der Waals surface area contributed by atoms with E-state index in [0.717, 1.165) is 43.7 Å². The van der Waals surface area contributed by atoms with Crippen LogP contribution in [0, 0.1) is 0 Å². The third-order valence-electron chi connectivity index (χ3n) is 3.72. The van der Waals surface area contributed by atoms with Gasteiger partial charge in [0.2, 0.25) is 10.0 Å². The quantitative estimate of drug-likeness (QED) is 0.841. The lowest BCUT2D eigenvalue weighted by Gasteiger charge is -2.26. The van der Waals surface area contributed by atoms with Gasteiger partial charge in [-0.1, -0.05) is 0 Å². The van der Waals surface area contributed by atoms with Crippen molar-refractivity contribution in [1.82, 2.24) is 9.62 Å². The predicted octanol–water partition coefficient (Wildman–Crippen LogP) is 1.30. The monoisotopic (exact) mass is 332 g/mol. The zero-order valence-corrected chi connectivity index (χ0v) is 13.8.